The van der Waals surface area contributed by atoms with Gasteiger partial charge < -0.3 is 10.2 Å². The molecule has 11 heteroatoms. The van der Waals surface area contributed by atoms with Gasteiger partial charge in [-0.2, -0.15) is 0 Å². The molecule has 2 fully saturated rings. The fourth-order valence-corrected chi connectivity index (χ4v) is 5.33. The number of allylic oxidation sites excluding steroid dienone is 2. The Morgan fingerprint density at radius 2 is 1.53 bits per heavy atom. The van der Waals surface area contributed by atoms with Crippen LogP contribution in [0, 0.1) is 17.8 Å². The third kappa shape index (κ3) is 5.05. The molecule has 2 saturated heterocycles. The number of primary sulfonamides is 1. The van der Waals surface area contributed by atoms with Crippen molar-refractivity contribution in [2.24, 2.45) is 22.9 Å². The molecule has 4 rings (SSSR count). The summed E-state index contributed by atoms with van der Waals surface area (Å²) < 4.78 is 22.7. The van der Waals surface area contributed by atoms with Crippen molar-refractivity contribution in [3.63, 3.8) is 0 Å². The van der Waals surface area contributed by atoms with Gasteiger partial charge in [0.1, 0.15) is 0 Å². The number of fused-ring (bicyclic) bond motifs is 1. The summed E-state index contributed by atoms with van der Waals surface area (Å²) in [5, 5.41) is 7.84. The van der Waals surface area contributed by atoms with Crippen LogP contribution in [0.15, 0.2) is 41.3 Å². The maximum Gasteiger partial charge on any atom is 0.238 e. The molecule has 1 aromatic carbocycles. The molecule has 2 aliphatic heterocycles. The fourth-order valence-electron chi connectivity index (χ4n) is 4.82. The summed E-state index contributed by atoms with van der Waals surface area (Å²) in [5.41, 5.74) is 0.464. The SMILES string of the molecule is NS(=O)(=O)c1ccc(NC(=O)C2CCN(C(=O)CCN3C(=O)C4CC=CCC4C3=O)CC2)cc1. The molecule has 3 aliphatic rings. The van der Waals surface area contributed by atoms with E-state index in [1.54, 1.807) is 4.90 Å². The maximum atomic E-state index is 12.7. The van der Waals surface area contributed by atoms with Crippen LogP contribution < -0.4 is 10.5 Å². The number of carbonyl (C=O) groups is 4. The molecule has 182 valence electrons. The number of amides is 4. The average molecular weight is 489 g/mol. The first kappa shape index (κ1) is 24.1. The number of carbonyl (C=O) groups excluding carboxylic acids is 4. The summed E-state index contributed by atoms with van der Waals surface area (Å²) in [6.45, 7) is 0.926. The Bertz CT molecular complexity index is 1100. The van der Waals surface area contributed by atoms with Gasteiger partial charge >= 0.3 is 0 Å². The minimum Gasteiger partial charge on any atom is -0.343 e. The zero-order chi connectivity index (χ0) is 24.5. The van der Waals surface area contributed by atoms with Crippen LogP contribution in [0.25, 0.3) is 0 Å². The van der Waals surface area contributed by atoms with Crippen molar-refractivity contribution in [2.75, 3.05) is 25.0 Å². The average Bonchev–Trinajstić information content (AvgIpc) is 3.07. The molecule has 4 amide bonds. The van der Waals surface area contributed by atoms with Crippen LogP contribution in [-0.2, 0) is 29.2 Å². The summed E-state index contributed by atoms with van der Waals surface area (Å²) in [5.74, 6) is -1.56. The van der Waals surface area contributed by atoms with Crippen molar-refractivity contribution < 1.29 is 27.6 Å². The third-order valence-corrected chi connectivity index (χ3v) is 7.75. The lowest BCUT2D eigenvalue weighted by Gasteiger charge is -2.31. The molecule has 10 nitrogen and oxygen atoms in total. The van der Waals surface area contributed by atoms with Crippen LogP contribution in [0.1, 0.15) is 32.1 Å². The molecule has 3 N–H and O–H groups in total. The highest BCUT2D eigenvalue weighted by molar-refractivity contribution is 7.89. The monoisotopic (exact) mass is 488 g/mol. The van der Waals surface area contributed by atoms with E-state index in [0.29, 0.717) is 44.5 Å². The first-order chi connectivity index (χ1) is 16.1. The first-order valence-electron chi connectivity index (χ1n) is 11.4. The smallest absolute Gasteiger partial charge is 0.238 e. The summed E-state index contributed by atoms with van der Waals surface area (Å²) >= 11 is 0. The van der Waals surface area contributed by atoms with Crippen molar-refractivity contribution in [3.8, 4) is 0 Å². The van der Waals surface area contributed by atoms with E-state index in [-0.39, 0.29) is 59.2 Å². The Morgan fingerprint density at radius 1 is 0.971 bits per heavy atom. The van der Waals surface area contributed by atoms with Gasteiger partial charge in [0.05, 0.1) is 16.7 Å². The highest BCUT2D eigenvalue weighted by Gasteiger charge is 2.47. The van der Waals surface area contributed by atoms with E-state index in [2.05, 4.69) is 5.32 Å². The zero-order valence-electron chi connectivity index (χ0n) is 18.7. The van der Waals surface area contributed by atoms with E-state index in [4.69, 9.17) is 5.14 Å². The van der Waals surface area contributed by atoms with Gasteiger partial charge in [0.15, 0.2) is 0 Å². The molecule has 0 radical (unpaired) electrons. The van der Waals surface area contributed by atoms with Gasteiger partial charge in [-0.15, -0.1) is 0 Å². The predicted molar refractivity (Wildman–Crippen MR) is 122 cm³/mol. The molecule has 0 aromatic heterocycles. The van der Waals surface area contributed by atoms with Crippen LogP contribution in [-0.4, -0.2) is 61.5 Å². The topological polar surface area (TPSA) is 147 Å². The Labute approximate surface area is 198 Å². The van der Waals surface area contributed by atoms with Crippen molar-refractivity contribution >= 4 is 39.3 Å². The number of nitrogens with zero attached hydrogens (tertiary/aromatic N) is 2. The minimum absolute atomic E-state index is 0.0370. The normalized spacial score (nSPS) is 23.2. The van der Waals surface area contributed by atoms with Crippen molar-refractivity contribution in [2.45, 2.75) is 37.0 Å². The number of nitrogens with two attached hydrogens (primary N) is 1. The first-order valence-corrected chi connectivity index (χ1v) is 12.9. The molecular weight excluding hydrogens is 460 g/mol. The summed E-state index contributed by atoms with van der Waals surface area (Å²) in [6, 6.07) is 5.61. The van der Waals surface area contributed by atoms with Gasteiger partial charge in [0, 0.05) is 37.7 Å². The standard InChI is InChI=1S/C23H28N4O6S/c24-34(32,33)17-7-5-16(6-8-17)25-21(29)15-9-12-26(13-10-15)20(28)11-14-27-22(30)18-3-1-2-4-19(18)23(27)31/h1-2,5-8,15,18-19H,3-4,9-14H2,(H,25,29)(H2,24,32,33). The fraction of sp³-hybridized carbons (Fsp3) is 0.478. The molecule has 1 aliphatic carbocycles. The Balaban J connectivity index is 1.23. The van der Waals surface area contributed by atoms with Crippen LogP contribution in [0.5, 0.6) is 0 Å². The Hall–Kier alpha value is -3.05. The van der Waals surface area contributed by atoms with Gasteiger partial charge in [0.2, 0.25) is 33.7 Å². The van der Waals surface area contributed by atoms with E-state index >= 15 is 0 Å². The number of benzene rings is 1. The van der Waals surface area contributed by atoms with Gasteiger partial charge in [-0.25, -0.2) is 13.6 Å². The maximum absolute atomic E-state index is 12.7. The number of rotatable bonds is 6. The van der Waals surface area contributed by atoms with E-state index in [1.165, 1.54) is 29.2 Å². The van der Waals surface area contributed by atoms with Crippen LogP contribution in [0.4, 0.5) is 5.69 Å². The second-order valence-electron chi connectivity index (χ2n) is 8.95. The van der Waals surface area contributed by atoms with E-state index < -0.39 is 10.0 Å². The minimum atomic E-state index is -3.80. The summed E-state index contributed by atoms with van der Waals surface area (Å²) in [6.07, 6.45) is 6.07. The van der Waals surface area contributed by atoms with E-state index in [9.17, 15) is 27.6 Å². The largest absolute Gasteiger partial charge is 0.343 e. The van der Waals surface area contributed by atoms with E-state index in [0.717, 1.165) is 0 Å². The summed E-state index contributed by atoms with van der Waals surface area (Å²) in [7, 11) is -3.80. The molecule has 2 heterocycles. The second-order valence-corrected chi connectivity index (χ2v) is 10.5. The van der Waals surface area contributed by atoms with E-state index in [1.807, 2.05) is 12.2 Å². The molecule has 2 unspecified atom stereocenters. The molecule has 34 heavy (non-hydrogen) atoms. The number of nitrogens with one attached hydrogen (secondary N) is 1. The molecule has 0 saturated carbocycles. The highest BCUT2D eigenvalue weighted by Crippen LogP contribution is 2.35. The van der Waals surface area contributed by atoms with Gasteiger partial charge in [-0.3, -0.25) is 24.1 Å². The third-order valence-electron chi connectivity index (χ3n) is 6.82. The number of likely N-dealkylation sites (tertiary alicyclic amines) is 2. The lowest BCUT2D eigenvalue weighted by molar-refractivity contribution is -0.141. The van der Waals surface area contributed by atoms with Crippen LogP contribution >= 0.6 is 0 Å². The van der Waals surface area contributed by atoms with Crippen molar-refractivity contribution in [1.29, 1.82) is 0 Å². The second kappa shape index (κ2) is 9.67. The predicted octanol–water partition coefficient (Wildman–Crippen LogP) is 0.852. The summed E-state index contributed by atoms with van der Waals surface area (Å²) in [4.78, 5) is 53.2. The van der Waals surface area contributed by atoms with Crippen molar-refractivity contribution in [1.82, 2.24) is 9.80 Å². The number of sulfonamides is 1. The lowest BCUT2D eigenvalue weighted by Crippen LogP contribution is -2.43. The lowest BCUT2D eigenvalue weighted by atomic mass is 9.85. The Morgan fingerprint density at radius 3 is 2.06 bits per heavy atom. The molecule has 2 atom stereocenters. The van der Waals surface area contributed by atoms with Gasteiger partial charge in [0.25, 0.3) is 0 Å². The number of piperidine rings is 1. The number of hydrogen-bond acceptors (Lipinski definition) is 6. The molecule has 0 bridgehead atoms. The molecule has 0 spiro atoms. The Kier molecular flexibility index (Phi) is 6.85. The quantitative estimate of drug-likeness (QED) is 0.448. The molecule has 1 aromatic rings. The van der Waals surface area contributed by atoms with Crippen molar-refractivity contribution in [3.05, 3.63) is 36.4 Å². The molecular formula is C23H28N4O6S. The number of imide groups is 1. The zero-order valence-corrected chi connectivity index (χ0v) is 19.5. The number of hydrogen-bond donors (Lipinski definition) is 2. The highest BCUT2D eigenvalue weighted by atomic mass is 32.2. The number of anilines is 1. The van der Waals surface area contributed by atoms with Gasteiger partial charge in [-0.05, 0) is 49.9 Å². The van der Waals surface area contributed by atoms with Crippen LogP contribution in [0.3, 0.4) is 0 Å². The van der Waals surface area contributed by atoms with Gasteiger partial charge in [-0.1, -0.05) is 12.2 Å². The van der Waals surface area contributed by atoms with Crippen LogP contribution in [0.2, 0.25) is 0 Å².